The highest BCUT2D eigenvalue weighted by molar-refractivity contribution is 7.89. The van der Waals surface area contributed by atoms with Crippen molar-refractivity contribution in [2.45, 2.75) is 69.5 Å². The summed E-state index contributed by atoms with van der Waals surface area (Å²) in [4.78, 5) is 24.6. The van der Waals surface area contributed by atoms with Crippen LogP contribution in [0.4, 0.5) is 10.5 Å². The van der Waals surface area contributed by atoms with Gasteiger partial charge in [0.25, 0.3) is 0 Å². The number of likely N-dealkylation sites (tertiary alicyclic amines) is 2. The maximum absolute atomic E-state index is 13.6. The van der Waals surface area contributed by atoms with Crippen LogP contribution in [0.3, 0.4) is 0 Å². The number of benzene rings is 3. The van der Waals surface area contributed by atoms with Crippen LogP contribution in [0.2, 0.25) is 0 Å². The van der Waals surface area contributed by atoms with E-state index in [0.29, 0.717) is 48.1 Å². The van der Waals surface area contributed by atoms with Crippen LogP contribution in [0.5, 0.6) is 5.88 Å². The molecule has 10 nitrogen and oxygen atoms in total. The highest BCUT2D eigenvalue weighted by Crippen LogP contribution is 2.33. The first-order valence-electron chi connectivity index (χ1n) is 16.3. The zero-order chi connectivity index (χ0) is 33.2. The quantitative estimate of drug-likeness (QED) is 0.191. The SMILES string of the molecule is CC(C)(C)OC(=O)N1CCC(NS(=O)(=O)c2ccc3[nH]c(O)c(C(=Nc4ccc(CN5CCCC5)cc4)c4ccccc4)c3c2)CC1. The van der Waals surface area contributed by atoms with Gasteiger partial charge in [0.15, 0.2) is 5.88 Å². The molecular weight excluding hydrogens is 614 g/mol. The van der Waals surface area contributed by atoms with E-state index in [-0.39, 0.29) is 16.8 Å². The molecule has 3 aromatic carbocycles. The van der Waals surface area contributed by atoms with Crippen molar-refractivity contribution in [2.24, 2.45) is 4.99 Å². The minimum absolute atomic E-state index is 0.0819. The van der Waals surface area contributed by atoms with Crippen molar-refractivity contribution in [1.29, 1.82) is 0 Å². The Labute approximate surface area is 276 Å². The molecule has 0 aliphatic carbocycles. The first-order chi connectivity index (χ1) is 22.4. The number of piperidine rings is 1. The fourth-order valence-corrected chi connectivity index (χ4v) is 7.55. The second kappa shape index (κ2) is 13.5. The summed E-state index contributed by atoms with van der Waals surface area (Å²) in [5.41, 5.74) is 3.68. The summed E-state index contributed by atoms with van der Waals surface area (Å²) in [7, 11) is -3.91. The number of aromatic nitrogens is 1. The number of hydrogen-bond acceptors (Lipinski definition) is 7. The van der Waals surface area contributed by atoms with Crippen molar-refractivity contribution in [3.05, 3.63) is 89.5 Å². The second-order valence-corrected chi connectivity index (χ2v) is 15.1. The summed E-state index contributed by atoms with van der Waals surface area (Å²) in [6.07, 6.45) is 3.03. The number of carbonyl (C=O) groups is 1. The number of hydrogen-bond donors (Lipinski definition) is 3. The van der Waals surface area contributed by atoms with Crippen LogP contribution in [0.25, 0.3) is 10.9 Å². The summed E-state index contributed by atoms with van der Waals surface area (Å²) in [6.45, 7) is 9.41. The third-order valence-electron chi connectivity index (χ3n) is 8.60. The second-order valence-electron chi connectivity index (χ2n) is 13.4. The topological polar surface area (TPSA) is 127 Å². The zero-order valence-corrected chi connectivity index (χ0v) is 28.0. The van der Waals surface area contributed by atoms with Gasteiger partial charge in [-0.15, -0.1) is 0 Å². The molecule has 0 radical (unpaired) electrons. The molecule has 2 fully saturated rings. The summed E-state index contributed by atoms with van der Waals surface area (Å²) in [6, 6.07) is 22.1. The van der Waals surface area contributed by atoms with Gasteiger partial charge >= 0.3 is 6.09 Å². The largest absolute Gasteiger partial charge is 0.494 e. The number of nitrogens with one attached hydrogen (secondary N) is 2. The lowest BCUT2D eigenvalue weighted by molar-refractivity contribution is 0.0203. The molecule has 0 unspecified atom stereocenters. The lowest BCUT2D eigenvalue weighted by Crippen LogP contribution is -2.47. The summed E-state index contributed by atoms with van der Waals surface area (Å²) in [5.74, 6) is -0.0923. The van der Waals surface area contributed by atoms with E-state index in [1.807, 2.05) is 63.2 Å². The van der Waals surface area contributed by atoms with Gasteiger partial charge in [-0.25, -0.2) is 22.9 Å². The van der Waals surface area contributed by atoms with Crippen molar-refractivity contribution in [1.82, 2.24) is 19.5 Å². The minimum atomic E-state index is -3.91. The van der Waals surface area contributed by atoms with Crippen molar-refractivity contribution in [3.8, 4) is 5.88 Å². The lowest BCUT2D eigenvalue weighted by atomic mass is 10.0. The van der Waals surface area contributed by atoms with Gasteiger partial charge in [-0.3, -0.25) is 4.90 Å². The molecule has 3 heterocycles. The number of fused-ring (bicyclic) bond motifs is 1. The molecule has 1 amide bonds. The third-order valence-corrected chi connectivity index (χ3v) is 10.1. The number of sulfonamides is 1. The smallest absolute Gasteiger partial charge is 0.410 e. The van der Waals surface area contributed by atoms with Crippen LogP contribution in [-0.4, -0.2) is 77.9 Å². The highest BCUT2D eigenvalue weighted by Gasteiger charge is 2.30. The first-order valence-corrected chi connectivity index (χ1v) is 17.7. The normalized spacial score (nSPS) is 17.0. The number of aromatic amines is 1. The molecule has 47 heavy (non-hydrogen) atoms. The molecule has 6 rings (SSSR count). The van der Waals surface area contributed by atoms with Crippen LogP contribution in [-0.2, 0) is 21.3 Å². The Hall–Kier alpha value is -4.19. The van der Waals surface area contributed by atoms with E-state index < -0.39 is 21.7 Å². The van der Waals surface area contributed by atoms with Crippen LogP contribution < -0.4 is 4.72 Å². The van der Waals surface area contributed by atoms with Gasteiger partial charge in [-0.2, -0.15) is 0 Å². The Bertz CT molecular complexity index is 1850. The molecule has 11 heteroatoms. The van der Waals surface area contributed by atoms with Crippen molar-refractivity contribution < 1.29 is 23.1 Å². The number of ether oxygens (including phenoxy) is 1. The maximum atomic E-state index is 13.6. The molecule has 2 aliphatic heterocycles. The average Bonchev–Trinajstić information content (AvgIpc) is 3.67. The van der Waals surface area contributed by atoms with Crippen LogP contribution in [0.15, 0.2) is 82.7 Å². The maximum Gasteiger partial charge on any atom is 0.410 e. The molecule has 2 saturated heterocycles. The molecule has 0 bridgehead atoms. The van der Waals surface area contributed by atoms with Crippen LogP contribution in [0.1, 0.15) is 63.1 Å². The molecule has 248 valence electrons. The third kappa shape index (κ3) is 7.86. The Morgan fingerprint density at radius 3 is 2.32 bits per heavy atom. The first kappa shape index (κ1) is 32.7. The predicted octanol–water partition coefficient (Wildman–Crippen LogP) is 6.32. The fourth-order valence-electron chi connectivity index (χ4n) is 6.22. The average molecular weight is 658 g/mol. The summed E-state index contributed by atoms with van der Waals surface area (Å²) < 4.78 is 35.6. The van der Waals surface area contributed by atoms with Gasteiger partial charge in [0.1, 0.15) is 5.60 Å². The van der Waals surface area contributed by atoms with E-state index in [2.05, 4.69) is 26.7 Å². The van der Waals surface area contributed by atoms with E-state index in [4.69, 9.17) is 9.73 Å². The molecular formula is C36H43N5O5S. The van der Waals surface area contributed by atoms with Crippen LogP contribution >= 0.6 is 0 Å². The number of aromatic hydroxyl groups is 1. The fraction of sp³-hybridized carbons (Fsp3) is 0.389. The molecule has 1 aromatic heterocycles. The molecule has 4 aromatic rings. The molecule has 3 N–H and O–H groups in total. The Kier molecular flexibility index (Phi) is 9.41. The Morgan fingerprint density at radius 1 is 0.979 bits per heavy atom. The van der Waals surface area contributed by atoms with E-state index in [1.165, 1.54) is 24.5 Å². The number of nitrogens with zero attached hydrogens (tertiary/aromatic N) is 3. The molecule has 0 saturated carbocycles. The van der Waals surface area contributed by atoms with E-state index in [1.54, 1.807) is 17.0 Å². The predicted molar refractivity (Wildman–Crippen MR) is 184 cm³/mol. The standard InChI is InChI=1S/C36H43N5O5S/c1-36(2,3)46-35(43)41-21-17-28(18-22-41)39-47(44,45)29-15-16-31-30(23-29)32(34(42)38-31)33(26-9-5-4-6-10-26)37-27-13-11-25(12-14-27)24-40-19-7-8-20-40/h4-6,9-16,23,28,38-39,42H,7-8,17-22,24H2,1-3H3. The van der Waals surface area contributed by atoms with Gasteiger partial charge in [0, 0.05) is 42.1 Å². The number of H-pyrrole nitrogens is 1. The summed E-state index contributed by atoms with van der Waals surface area (Å²) in [5, 5.41) is 11.7. The highest BCUT2D eigenvalue weighted by atomic mass is 32.2. The molecule has 0 spiro atoms. The Morgan fingerprint density at radius 2 is 1.66 bits per heavy atom. The number of amides is 1. The van der Waals surface area contributed by atoms with Gasteiger partial charge < -0.3 is 19.7 Å². The number of rotatable bonds is 8. The lowest BCUT2D eigenvalue weighted by Gasteiger charge is -2.33. The van der Waals surface area contributed by atoms with Gasteiger partial charge in [0.05, 0.1) is 21.9 Å². The monoisotopic (exact) mass is 657 g/mol. The van der Waals surface area contributed by atoms with Crippen molar-refractivity contribution >= 4 is 38.4 Å². The van der Waals surface area contributed by atoms with Crippen LogP contribution in [0, 0.1) is 0 Å². The number of carbonyl (C=O) groups excluding carboxylic acids is 1. The Balaban J connectivity index is 1.26. The van der Waals surface area contributed by atoms with Gasteiger partial charge in [-0.1, -0.05) is 42.5 Å². The van der Waals surface area contributed by atoms with Crippen molar-refractivity contribution in [3.63, 3.8) is 0 Å². The number of aliphatic imine (C=N–C) groups is 1. The minimum Gasteiger partial charge on any atom is -0.494 e. The van der Waals surface area contributed by atoms with Gasteiger partial charge in [0.2, 0.25) is 10.0 Å². The van der Waals surface area contributed by atoms with E-state index >= 15 is 0 Å². The van der Waals surface area contributed by atoms with Crippen molar-refractivity contribution in [2.75, 3.05) is 26.2 Å². The zero-order valence-electron chi connectivity index (χ0n) is 27.2. The molecule has 0 atom stereocenters. The summed E-state index contributed by atoms with van der Waals surface area (Å²) >= 11 is 0. The van der Waals surface area contributed by atoms with E-state index in [0.717, 1.165) is 30.9 Å². The molecule has 2 aliphatic rings. The van der Waals surface area contributed by atoms with Gasteiger partial charge in [-0.05, 0) is 95.4 Å². The van der Waals surface area contributed by atoms with E-state index in [9.17, 15) is 18.3 Å².